The van der Waals surface area contributed by atoms with E-state index in [1.54, 1.807) is 25.7 Å². The minimum atomic E-state index is 1.11. The Kier molecular flexibility index (Phi) is 3.29. The summed E-state index contributed by atoms with van der Waals surface area (Å²) in [6.07, 6.45) is 13.8. The highest BCUT2D eigenvalue weighted by Crippen LogP contribution is 2.45. The third-order valence-electron chi connectivity index (χ3n) is 4.38. The van der Waals surface area contributed by atoms with E-state index in [2.05, 4.69) is 6.92 Å². The Morgan fingerprint density at radius 3 is 2.54 bits per heavy atom. The van der Waals surface area contributed by atoms with Gasteiger partial charge in [0.2, 0.25) is 0 Å². The Hall–Kier alpha value is 0. The molecule has 2 fully saturated rings. The molecule has 0 aromatic rings. The van der Waals surface area contributed by atoms with Crippen molar-refractivity contribution in [3.63, 3.8) is 0 Å². The van der Waals surface area contributed by atoms with Crippen molar-refractivity contribution >= 4 is 0 Å². The van der Waals surface area contributed by atoms with Crippen LogP contribution in [0, 0.1) is 17.8 Å². The summed E-state index contributed by atoms with van der Waals surface area (Å²) in [6.45, 7) is 2.35. The Labute approximate surface area is 83.1 Å². The summed E-state index contributed by atoms with van der Waals surface area (Å²) in [4.78, 5) is 0. The normalized spacial score (nSPS) is 39.9. The van der Waals surface area contributed by atoms with E-state index in [0.29, 0.717) is 0 Å². The van der Waals surface area contributed by atoms with Gasteiger partial charge in [0.25, 0.3) is 0 Å². The van der Waals surface area contributed by atoms with Crippen molar-refractivity contribution in [1.29, 1.82) is 0 Å². The van der Waals surface area contributed by atoms with Crippen LogP contribution < -0.4 is 0 Å². The summed E-state index contributed by atoms with van der Waals surface area (Å²) in [5.74, 6) is 3.39. The van der Waals surface area contributed by atoms with Crippen LogP contribution in [-0.4, -0.2) is 0 Å². The lowest BCUT2D eigenvalue weighted by atomic mass is 9.64. The highest BCUT2D eigenvalue weighted by atomic mass is 14.4. The molecule has 0 aliphatic heterocycles. The van der Waals surface area contributed by atoms with Gasteiger partial charge in [0.15, 0.2) is 0 Å². The highest BCUT2D eigenvalue weighted by molar-refractivity contribution is 4.84. The van der Waals surface area contributed by atoms with Gasteiger partial charge >= 0.3 is 0 Å². The van der Waals surface area contributed by atoms with Crippen molar-refractivity contribution in [2.45, 2.75) is 64.7 Å². The first-order valence-electron chi connectivity index (χ1n) is 6.42. The molecule has 2 saturated carbocycles. The molecular weight excluding hydrogens is 156 g/mol. The summed E-state index contributed by atoms with van der Waals surface area (Å²) in [5, 5.41) is 0. The second-order valence-corrected chi connectivity index (χ2v) is 5.19. The molecule has 0 amide bonds. The highest BCUT2D eigenvalue weighted by Gasteiger charge is 2.33. The van der Waals surface area contributed by atoms with Crippen LogP contribution in [0.3, 0.4) is 0 Å². The van der Waals surface area contributed by atoms with E-state index in [4.69, 9.17) is 0 Å². The van der Waals surface area contributed by atoms with Crippen LogP contribution in [-0.2, 0) is 0 Å². The molecule has 0 heteroatoms. The van der Waals surface area contributed by atoms with Crippen LogP contribution >= 0.6 is 0 Å². The summed E-state index contributed by atoms with van der Waals surface area (Å²) in [7, 11) is 0. The molecule has 2 aliphatic carbocycles. The molecule has 0 heterocycles. The lowest BCUT2D eigenvalue weighted by Crippen LogP contribution is -2.30. The van der Waals surface area contributed by atoms with E-state index in [1.165, 1.54) is 32.1 Å². The lowest BCUT2D eigenvalue weighted by molar-refractivity contribution is 0.0975. The first-order valence-corrected chi connectivity index (χ1v) is 6.42. The molecular formula is C13H24. The third-order valence-corrected chi connectivity index (χ3v) is 4.38. The van der Waals surface area contributed by atoms with Gasteiger partial charge in [-0.2, -0.15) is 0 Å². The van der Waals surface area contributed by atoms with E-state index >= 15 is 0 Å². The molecule has 0 saturated heterocycles. The second kappa shape index (κ2) is 4.48. The maximum absolute atomic E-state index is 2.35. The van der Waals surface area contributed by atoms with Gasteiger partial charge in [-0.05, 0) is 24.2 Å². The number of hydrogen-bond donors (Lipinski definition) is 0. The van der Waals surface area contributed by atoms with Crippen LogP contribution in [0.5, 0.6) is 0 Å². The summed E-state index contributed by atoms with van der Waals surface area (Å²) in [5.41, 5.74) is 0. The van der Waals surface area contributed by atoms with Gasteiger partial charge in [-0.15, -0.1) is 0 Å². The van der Waals surface area contributed by atoms with Crippen LogP contribution in [0.1, 0.15) is 64.7 Å². The topological polar surface area (TPSA) is 0 Å². The van der Waals surface area contributed by atoms with Gasteiger partial charge in [-0.25, -0.2) is 0 Å². The standard InChI is InChI=1S/C13H24/c1-2-6-11-8-5-9-12-7-3-4-10-13(11)12/h11-13H,2-10H2,1H3/t11-,12-,13-/m0/s1. The van der Waals surface area contributed by atoms with Crippen LogP contribution in [0.4, 0.5) is 0 Å². The molecule has 2 rings (SSSR count). The zero-order valence-corrected chi connectivity index (χ0v) is 9.10. The van der Waals surface area contributed by atoms with E-state index in [1.807, 2.05) is 0 Å². The van der Waals surface area contributed by atoms with Crippen LogP contribution in [0.25, 0.3) is 0 Å². The average Bonchev–Trinajstić information content (AvgIpc) is 2.19. The zero-order chi connectivity index (χ0) is 9.10. The average molecular weight is 180 g/mol. The van der Waals surface area contributed by atoms with Crippen molar-refractivity contribution < 1.29 is 0 Å². The van der Waals surface area contributed by atoms with E-state index in [9.17, 15) is 0 Å². The molecule has 0 radical (unpaired) electrons. The minimum Gasteiger partial charge on any atom is -0.0654 e. The molecule has 13 heavy (non-hydrogen) atoms. The van der Waals surface area contributed by atoms with Gasteiger partial charge in [-0.1, -0.05) is 58.3 Å². The molecule has 0 N–H and O–H groups in total. The minimum absolute atomic E-state index is 1.11. The van der Waals surface area contributed by atoms with Crippen molar-refractivity contribution in [1.82, 2.24) is 0 Å². The predicted molar refractivity (Wildman–Crippen MR) is 57.7 cm³/mol. The number of rotatable bonds is 2. The molecule has 0 aromatic heterocycles. The summed E-state index contributed by atoms with van der Waals surface area (Å²) < 4.78 is 0. The predicted octanol–water partition coefficient (Wildman–Crippen LogP) is 4.39. The molecule has 0 bridgehead atoms. The first-order chi connectivity index (χ1) is 6.42. The van der Waals surface area contributed by atoms with Crippen LogP contribution in [0.15, 0.2) is 0 Å². The largest absolute Gasteiger partial charge is 0.0654 e. The Balaban J connectivity index is 1.94. The molecule has 0 spiro atoms. The SMILES string of the molecule is CCC[C@H]1CCC[C@@H]2CCCC[C@H]21. The van der Waals surface area contributed by atoms with Crippen molar-refractivity contribution in [2.75, 3.05) is 0 Å². The monoisotopic (exact) mass is 180 g/mol. The molecule has 2 aliphatic rings. The quantitative estimate of drug-likeness (QED) is 0.591. The van der Waals surface area contributed by atoms with E-state index < -0.39 is 0 Å². The fraction of sp³-hybridized carbons (Fsp3) is 1.00. The maximum atomic E-state index is 2.35. The van der Waals surface area contributed by atoms with Crippen LogP contribution in [0.2, 0.25) is 0 Å². The summed E-state index contributed by atoms with van der Waals surface area (Å²) in [6, 6.07) is 0. The maximum Gasteiger partial charge on any atom is -0.0357 e. The number of hydrogen-bond acceptors (Lipinski definition) is 0. The van der Waals surface area contributed by atoms with Gasteiger partial charge < -0.3 is 0 Å². The second-order valence-electron chi connectivity index (χ2n) is 5.19. The Bertz CT molecular complexity index is 146. The Morgan fingerprint density at radius 2 is 1.69 bits per heavy atom. The van der Waals surface area contributed by atoms with Gasteiger partial charge in [0.1, 0.15) is 0 Å². The fourth-order valence-corrected chi connectivity index (χ4v) is 3.80. The lowest BCUT2D eigenvalue weighted by Gasteiger charge is -2.41. The smallest absolute Gasteiger partial charge is 0.0357 e. The third kappa shape index (κ3) is 2.08. The summed E-state index contributed by atoms with van der Waals surface area (Å²) >= 11 is 0. The van der Waals surface area contributed by atoms with Crippen molar-refractivity contribution in [3.8, 4) is 0 Å². The van der Waals surface area contributed by atoms with Gasteiger partial charge in [-0.3, -0.25) is 0 Å². The molecule has 0 unspecified atom stereocenters. The molecule has 0 aromatic carbocycles. The van der Waals surface area contributed by atoms with Crippen molar-refractivity contribution in [3.05, 3.63) is 0 Å². The van der Waals surface area contributed by atoms with Gasteiger partial charge in [0, 0.05) is 0 Å². The molecule has 3 atom stereocenters. The van der Waals surface area contributed by atoms with E-state index in [0.717, 1.165) is 17.8 Å². The van der Waals surface area contributed by atoms with E-state index in [-0.39, 0.29) is 0 Å². The fourth-order valence-electron chi connectivity index (χ4n) is 3.80. The first kappa shape index (κ1) is 9.55. The van der Waals surface area contributed by atoms with Gasteiger partial charge in [0.05, 0.1) is 0 Å². The van der Waals surface area contributed by atoms with Crippen molar-refractivity contribution in [2.24, 2.45) is 17.8 Å². The Morgan fingerprint density at radius 1 is 0.923 bits per heavy atom. The number of fused-ring (bicyclic) bond motifs is 1. The molecule has 0 nitrogen and oxygen atoms in total. The zero-order valence-electron chi connectivity index (χ0n) is 9.10. The molecule has 76 valence electrons.